The minimum Gasteiger partial charge on any atom is -0.394 e. The van der Waals surface area contributed by atoms with Crippen molar-refractivity contribution in [3.63, 3.8) is 0 Å². The molecular weight excluding hydrogens is 292 g/mol. The molecule has 1 rings (SSSR count). The Kier molecular flexibility index (Phi) is 8.33. The van der Waals surface area contributed by atoms with E-state index in [0.717, 1.165) is 19.3 Å². The predicted molar refractivity (Wildman–Crippen MR) is 92.2 cm³/mol. The number of hydrogen-bond acceptors (Lipinski definition) is 3. The van der Waals surface area contributed by atoms with Crippen molar-refractivity contribution in [2.75, 3.05) is 11.9 Å². The van der Waals surface area contributed by atoms with Gasteiger partial charge in [-0.3, -0.25) is 9.59 Å². The maximum Gasteiger partial charge on any atom is 0.313 e. The van der Waals surface area contributed by atoms with E-state index in [0.29, 0.717) is 18.0 Å². The minimum atomic E-state index is -0.722. The monoisotopic (exact) mass is 320 g/mol. The standard InChI is InChI=1S/C18H28N2O3/c1-4-5-6-14-7-9-15(10-8-14)19-17(22)18(23)20-16(12-21)11-13(2)3/h7-10,13,16,21H,4-6,11-12H2,1-3H3,(H,19,22)(H,20,23). The molecule has 3 N–H and O–H groups in total. The number of rotatable bonds is 8. The lowest BCUT2D eigenvalue weighted by Gasteiger charge is -2.17. The average Bonchev–Trinajstić information content (AvgIpc) is 2.52. The van der Waals surface area contributed by atoms with E-state index in [1.807, 2.05) is 26.0 Å². The number of aliphatic hydroxyl groups excluding tert-OH is 1. The molecule has 0 fully saturated rings. The molecule has 5 heteroatoms. The number of anilines is 1. The van der Waals surface area contributed by atoms with Gasteiger partial charge in [0.1, 0.15) is 0 Å². The van der Waals surface area contributed by atoms with E-state index in [1.165, 1.54) is 5.56 Å². The second-order valence-corrected chi connectivity index (χ2v) is 6.24. The summed E-state index contributed by atoms with van der Waals surface area (Å²) in [5.41, 5.74) is 1.81. The van der Waals surface area contributed by atoms with Crippen LogP contribution in [0.15, 0.2) is 24.3 Å². The first-order chi connectivity index (χ1) is 11.0. The van der Waals surface area contributed by atoms with Crippen LogP contribution in [0.3, 0.4) is 0 Å². The first-order valence-electron chi connectivity index (χ1n) is 8.27. The highest BCUT2D eigenvalue weighted by molar-refractivity contribution is 6.39. The zero-order valence-electron chi connectivity index (χ0n) is 14.3. The lowest BCUT2D eigenvalue weighted by Crippen LogP contribution is -2.44. The molecular formula is C18H28N2O3. The summed E-state index contributed by atoms with van der Waals surface area (Å²) in [5.74, 6) is -1.11. The highest BCUT2D eigenvalue weighted by atomic mass is 16.3. The smallest absolute Gasteiger partial charge is 0.313 e. The van der Waals surface area contributed by atoms with Crippen LogP contribution in [0, 0.1) is 5.92 Å². The first kappa shape index (κ1) is 19.2. The van der Waals surface area contributed by atoms with Gasteiger partial charge in [-0.05, 0) is 42.9 Å². The van der Waals surface area contributed by atoms with Crippen molar-refractivity contribution in [1.82, 2.24) is 5.32 Å². The number of hydrogen-bond donors (Lipinski definition) is 3. The predicted octanol–water partition coefficient (Wildman–Crippen LogP) is 2.49. The highest BCUT2D eigenvalue weighted by Crippen LogP contribution is 2.12. The molecule has 5 nitrogen and oxygen atoms in total. The largest absolute Gasteiger partial charge is 0.394 e. The maximum absolute atomic E-state index is 11.9. The molecule has 1 aromatic carbocycles. The minimum absolute atomic E-state index is 0.177. The molecule has 0 saturated carbocycles. The van der Waals surface area contributed by atoms with Crippen molar-refractivity contribution in [2.45, 2.75) is 52.5 Å². The van der Waals surface area contributed by atoms with Crippen molar-refractivity contribution < 1.29 is 14.7 Å². The molecule has 1 atom stereocenters. The van der Waals surface area contributed by atoms with Crippen molar-refractivity contribution in [2.24, 2.45) is 5.92 Å². The van der Waals surface area contributed by atoms with Crippen LogP contribution in [0.4, 0.5) is 5.69 Å². The summed E-state index contributed by atoms with van der Waals surface area (Å²) in [6.45, 7) is 5.96. The normalized spacial score (nSPS) is 12.0. The molecule has 1 unspecified atom stereocenters. The van der Waals surface area contributed by atoms with Gasteiger partial charge in [0.25, 0.3) is 0 Å². The fourth-order valence-corrected chi connectivity index (χ4v) is 2.32. The Morgan fingerprint density at radius 2 is 1.78 bits per heavy atom. The van der Waals surface area contributed by atoms with E-state index >= 15 is 0 Å². The van der Waals surface area contributed by atoms with Gasteiger partial charge in [0.05, 0.1) is 12.6 Å². The number of nitrogens with one attached hydrogen (secondary N) is 2. The number of carbonyl (C=O) groups is 2. The molecule has 0 heterocycles. The van der Waals surface area contributed by atoms with Crippen LogP contribution in [0.2, 0.25) is 0 Å². The lowest BCUT2D eigenvalue weighted by molar-refractivity contribution is -0.136. The molecule has 128 valence electrons. The molecule has 0 bridgehead atoms. The Morgan fingerprint density at radius 1 is 1.13 bits per heavy atom. The Morgan fingerprint density at radius 3 is 2.30 bits per heavy atom. The highest BCUT2D eigenvalue weighted by Gasteiger charge is 2.19. The molecule has 0 aliphatic rings. The number of carbonyl (C=O) groups excluding carboxylic acids is 2. The van der Waals surface area contributed by atoms with Gasteiger partial charge in [0.15, 0.2) is 0 Å². The van der Waals surface area contributed by atoms with Gasteiger partial charge in [-0.15, -0.1) is 0 Å². The first-order valence-corrected chi connectivity index (χ1v) is 8.27. The van der Waals surface area contributed by atoms with Crippen LogP contribution in [0.1, 0.15) is 45.6 Å². The fourth-order valence-electron chi connectivity index (χ4n) is 2.32. The van der Waals surface area contributed by atoms with Crippen LogP contribution in [-0.4, -0.2) is 29.6 Å². The molecule has 0 aliphatic carbocycles. The van der Waals surface area contributed by atoms with Gasteiger partial charge in [-0.25, -0.2) is 0 Å². The molecule has 0 aliphatic heterocycles. The van der Waals surface area contributed by atoms with Crippen LogP contribution in [0.25, 0.3) is 0 Å². The van der Waals surface area contributed by atoms with Crippen LogP contribution < -0.4 is 10.6 Å². The second kappa shape index (κ2) is 10.0. The molecule has 23 heavy (non-hydrogen) atoms. The lowest BCUT2D eigenvalue weighted by atomic mass is 10.0. The molecule has 0 aromatic heterocycles. The zero-order chi connectivity index (χ0) is 17.2. The van der Waals surface area contributed by atoms with Crippen molar-refractivity contribution >= 4 is 17.5 Å². The van der Waals surface area contributed by atoms with E-state index in [4.69, 9.17) is 0 Å². The van der Waals surface area contributed by atoms with Gasteiger partial charge in [0, 0.05) is 5.69 Å². The average molecular weight is 320 g/mol. The summed E-state index contributed by atoms with van der Waals surface area (Å²) in [7, 11) is 0. The number of benzene rings is 1. The van der Waals surface area contributed by atoms with Gasteiger partial charge in [-0.1, -0.05) is 39.3 Å². The Balaban J connectivity index is 2.52. The summed E-state index contributed by atoms with van der Waals surface area (Å²) in [5, 5.41) is 14.4. The van der Waals surface area contributed by atoms with Crippen molar-refractivity contribution in [3.05, 3.63) is 29.8 Å². The number of unbranched alkanes of at least 4 members (excludes halogenated alkanes) is 1. The van der Waals surface area contributed by atoms with Gasteiger partial charge >= 0.3 is 11.8 Å². The quantitative estimate of drug-likeness (QED) is 0.644. The van der Waals surface area contributed by atoms with E-state index < -0.39 is 17.9 Å². The van der Waals surface area contributed by atoms with Gasteiger partial charge in [0.2, 0.25) is 0 Å². The Hall–Kier alpha value is -1.88. The van der Waals surface area contributed by atoms with Crippen LogP contribution in [0.5, 0.6) is 0 Å². The SMILES string of the molecule is CCCCc1ccc(NC(=O)C(=O)NC(CO)CC(C)C)cc1. The van der Waals surface area contributed by atoms with Gasteiger partial charge < -0.3 is 15.7 Å². The fraction of sp³-hybridized carbons (Fsp3) is 0.556. The number of aliphatic hydroxyl groups is 1. The third kappa shape index (κ3) is 7.28. The summed E-state index contributed by atoms with van der Waals surface area (Å²) in [6.07, 6.45) is 3.91. The number of aryl methyl sites for hydroxylation is 1. The summed E-state index contributed by atoms with van der Waals surface area (Å²) in [6, 6.07) is 7.11. The molecule has 2 amide bonds. The third-order valence-electron chi connectivity index (χ3n) is 3.55. The topological polar surface area (TPSA) is 78.4 Å². The molecule has 0 saturated heterocycles. The Labute approximate surface area is 138 Å². The molecule has 0 spiro atoms. The zero-order valence-corrected chi connectivity index (χ0v) is 14.3. The van der Waals surface area contributed by atoms with E-state index in [-0.39, 0.29) is 6.61 Å². The number of amides is 2. The summed E-state index contributed by atoms with van der Waals surface area (Å²) in [4.78, 5) is 23.8. The van der Waals surface area contributed by atoms with E-state index in [2.05, 4.69) is 17.6 Å². The van der Waals surface area contributed by atoms with E-state index in [1.54, 1.807) is 12.1 Å². The second-order valence-electron chi connectivity index (χ2n) is 6.24. The Bertz CT molecular complexity index is 497. The van der Waals surface area contributed by atoms with Gasteiger partial charge in [-0.2, -0.15) is 0 Å². The van der Waals surface area contributed by atoms with E-state index in [9.17, 15) is 14.7 Å². The molecule has 1 aromatic rings. The van der Waals surface area contributed by atoms with Crippen molar-refractivity contribution in [3.8, 4) is 0 Å². The maximum atomic E-state index is 11.9. The van der Waals surface area contributed by atoms with Crippen LogP contribution in [-0.2, 0) is 16.0 Å². The summed E-state index contributed by atoms with van der Waals surface area (Å²) < 4.78 is 0. The molecule has 0 radical (unpaired) electrons. The third-order valence-corrected chi connectivity index (χ3v) is 3.55. The van der Waals surface area contributed by atoms with Crippen LogP contribution >= 0.6 is 0 Å². The summed E-state index contributed by atoms with van der Waals surface area (Å²) >= 11 is 0. The van der Waals surface area contributed by atoms with Crippen molar-refractivity contribution in [1.29, 1.82) is 0 Å².